The Morgan fingerprint density at radius 1 is 0.935 bits per heavy atom. The van der Waals surface area contributed by atoms with E-state index in [1.54, 1.807) is 27.7 Å². The number of nitrogens with one attached hydrogen (secondary N) is 2. The smallest absolute Gasteiger partial charge is 0.399 e. The fraction of sp³-hybridized carbons (Fsp3) is 0.350. The number of hydrogen-bond acceptors (Lipinski definition) is 3. The molecule has 2 N–H and O–H groups in total. The van der Waals surface area contributed by atoms with Crippen molar-refractivity contribution in [2.75, 3.05) is 10.6 Å². The Bertz CT molecular complexity index is 972. The van der Waals surface area contributed by atoms with E-state index in [-0.39, 0.29) is 11.2 Å². The lowest BCUT2D eigenvalue weighted by Gasteiger charge is -2.32. The molecule has 0 unspecified atom stereocenters. The molecule has 0 aromatic heterocycles. The van der Waals surface area contributed by atoms with E-state index < -0.39 is 53.4 Å². The van der Waals surface area contributed by atoms with Crippen LogP contribution in [0.5, 0.6) is 0 Å². The molecule has 0 spiro atoms. The van der Waals surface area contributed by atoms with Gasteiger partial charge in [0, 0.05) is 5.69 Å². The lowest BCUT2D eigenvalue weighted by atomic mass is 9.79. The number of alkyl halides is 3. The average molecular weight is 442 g/mol. The Hall–Kier alpha value is -2.66. The molecule has 11 heteroatoms. The van der Waals surface area contributed by atoms with Crippen LogP contribution in [-0.2, 0) is 15.5 Å². The monoisotopic (exact) mass is 442 g/mol. The number of carbonyl (C=O) groups is 1. The van der Waals surface area contributed by atoms with Crippen LogP contribution in [0.3, 0.4) is 0 Å². The van der Waals surface area contributed by atoms with Gasteiger partial charge in [0.1, 0.15) is 17.3 Å². The first kappa shape index (κ1) is 23.0. The van der Waals surface area contributed by atoms with E-state index in [9.17, 15) is 26.7 Å². The van der Waals surface area contributed by atoms with Gasteiger partial charge >= 0.3 is 19.3 Å². The molecule has 3 rings (SSSR count). The number of anilines is 2. The Kier molecular flexibility index (Phi) is 5.79. The molecule has 2 aromatic rings. The first-order valence-corrected chi connectivity index (χ1v) is 9.29. The number of benzene rings is 2. The van der Waals surface area contributed by atoms with E-state index in [0.29, 0.717) is 6.07 Å². The molecule has 0 atom stereocenters. The van der Waals surface area contributed by atoms with Crippen LogP contribution in [0.25, 0.3) is 0 Å². The van der Waals surface area contributed by atoms with Crippen molar-refractivity contribution in [1.29, 1.82) is 0 Å². The molecule has 1 fully saturated rings. The van der Waals surface area contributed by atoms with Crippen molar-refractivity contribution >= 4 is 30.0 Å². The highest BCUT2D eigenvalue weighted by Gasteiger charge is 2.52. The molecule has 5 nitrogen and oxygen atoms in total. The van der Waals surface area contributed by atoms with Gasteiger partial charge in [0.25, 0.3) is 0 Å². The Morgan fingerprint density at radius 3 is 2.00 bits per heavy atom. The molecule has 0 saturated carbocycles. The van der Waals surface area contributed by atoms with Crippen LogP contribution < -0.4 is 16.1 Å². The van der Waals surface area contributed by atoms with E-state index in [1.165, 1.54) is 6.07 Å². The lowest BCUT2D eigenvalue weighted by Crippen LogP contribution is -2.41. The molecule has 0 bridgehead atoms. The van der Waals surface area contributed by atoms with Crippen LogP contribution in [0.1, 0.15) is 33.3 Å². The summed E-state index contributed by atoms with van der Waals surface area (Å²) in [6.45, 7) is 7.14. The third kappa shape index (κ3) is 4.82. The summed E-state index contributed by atoms with van der Waals surface area (Å²) in [4.78, 5) is 12.1. The van der Waals surface area contributed by atoms with E-state index in [0.717, 1.165) is 24.3 Å². The van der Waals surface area contributed by atoms with E-state index >= 15 is 0 Å². The van der Waals surface area contributed by atoms with Gasteiger partial charge in [0.2, 0.25) is 0 Å². The first-order chi connectivity index (χ1) is 14.2. The second kappa shape index (κ2) is 7.79. The number of rotatable bonds is 3. The van der Waals surface area contributed by atoms with Gasteiger partial charge < -0.3 is 19.9 Å². The molecule has 166 valence electrons. The maximum absolute atomic E-state index is 14.5. The Morgan fingerprint density at radius 2 is 1.48 bits per heavy atom. The van der Waals surface area contributed by atoms with Crippen LogP contribution in [0.4, 0.5) is 38.1 Å². The number of carbonyl (C=O) groups excluding carboxylic acids is 1. The van der Waals surface area contributed by atoms with Gasteiger partial charge in [0.05, 0.1) is 16.8 Å². The highest BCUT2D eigenvalue weighted by atomic mass is 19.4. The quantitative estimate of drug-likeness (QED) is 0.524. The SMILES string of the molecule is CC1(C)OB(c2cc(F)c(NC(=O)Nc3cccc(C(F)(F)F)c3)c(F)c2)OC1(C)C. The number of urea groups is 1. The van der Waals surface area contributed by atoms with Crippen LogP contribution >= 0.6 is 0 Å². The van der Waals surface area contributed by atoms with Gasteiger partial charge in [-0.2, -0.15) is 13.2 Å². The molecular weight excluding hydrogens is 422 g/mol. The van der Waals surface area contributed by atoms with E-state index in [4.69, 9.17) is 9.31 Å². The number of hydrogen-bond donors (Lipinski definition) is 2. The normalized spacial score (nSPS) is 17.5. The fourth-order valence-corrected chi connectivity index (χ4v) is 2.88. The summed E-state index contributed by atoms with van der Waals surface area (Å²) < 4.78 is 78.9. The molecule has 1 saturated heterocycles. The van der Waals surface area contributed by atoms with E-state index in [1.807, 2.05) is 5.32 Å². The van der Waals surface area contributed by atoms with Crippen LogP contribution in [0.2, 0.25) is 0 Å². The molecule has 1 heterocycles. The summed E-state index contributed by atoms with van der Waals surface area (Å²) in [7, 11) is -1.01. The van der Waals surface area contributed by atoms with Gasteiger partial charge in [-0.05, 0) is 63.5 Å². The molecule has 0 radical (unpaired) electrons. The topological polar surface area (TPSA) is 59.6 Å². The van der Waals surface area contributed by atoms with Crippen LogP contribution in [0.15, 0.2) is 36.4 Å². The minimum Gasteiger partial charge on any atom is -0.399 e. The van der Waals surface area contributed by atoms with Gasteiger partial charge in [-0.15, -0.1) is 0 Å². The first-order valence-electron chi connectivity index (χ1n) is 9.29. The predicted molar refractivity (Wildman–Crippen MR) is 106 cm³/mol. The summed E-state index contributed by atoms with van der Waals surface area (Å²) in [5, 5.41) is 4.09. The summed E-state index contributed by atoms with van der Waals surface area (Å²) in [6, 6.07) is 4.66. The molecule has 31 heavy (non-hydrogen) atoms. The molecule has 1 aliphatic heterocycles. The van der Waals surface area contributed by atoms with Crippen molar-refractivity contribution in [2.24, 2.45) is 0 Å². The predicted octanol–water partition coefficient (Wildman–Crippen LogP) is 4.93. The van der Waals surface area contributed by atoms with Gasteiger partial charge in [-0.1, -0.05) is 6.07 Å². The van der Waals surface area contributed by atoms with Crippen molar-refractivity contribution in [2.45, 2.75) is 45.1 Å². The summed E-state index contributed by atoms with van der Waals surface area (Å²) >= 11 is 0. The minimum absolute atomic E-state index is 0.0810. The average Bonchev–Trinajstić information content (AvgIpc) is 2.85. The second-order valence-corrected chi connectivity index (χ2v) is 8.11. The zero-order valence-electron chi connectivity index (χ0n) is 17.2. The Balaban J connectivity index is 1.75. The van der Waals surface area contributed by atoms with Crippen LogP contribution in [-0.4, -0.2) is 24.4 Å². The largest absolute Gasteiger partial charge is 0.495 e. The fourth-order valence-electron chi connectivity index (χ4n) is 2.88. The van der Waals surface area contributed by atoms with Crippen molar-refractivity contribution in [1.82, 2.24) is 0 Å². The molecule has 0 aliphatic carbocycles. The van der Waals surface area contributed by atoms with Crippen molar-refractivity contribution in [3.63, 3.8) is 0 Å². The molecule has 1 aliphatic rings. The maximum atomic E-state index is 14.5. The third-order valence-corrected chi connectivity index (χ3v) is 5.28. The molecule has 2 aromatic carbocycles. The van der Waals surface area contributed by atoms with Gasteiger partial charge in [-0.25, -0.2) is 13.6 Å². The van der Waals surface area contributed by atoms with Crippen molar-refractivity contribution < 1.29 is 36.1 Å². The second-order valence-electron chi connectivity index (χ2n) is 8.11. The van der Waals surface area contributed by atoms with Gasteiger partial charge in [-0.3, -0.25) is 0 Å². The minimum atomic E-state index is -4.60. The molecule has 2 amide bonds. The lowest BCUT2D eigenvalue weighted by molar-refractivity contribution is -0.137. The Labute approximate surface area is 176 Å². The number of amides is 2. The van der Waals surface area contributed by atoms with Gasteiger partial charge in [0.15, 0.2) is 0 Å². The maximum Gasteiger partial charge on any atom is 0.495 e. The zero-order chi connectivity index (χ0) is 23.2. The van der Waals surface area contributed by atoms with Crippen molar-refractivity contribution in [3.8, 4) is 0 Å². The summed E-state index contributed by atoms with van der Waals surface area (Å²) in [5.74, 6) is -2.19. The highest BCUT2D eigenvalue weighted by Crippen LogP contribution is 2.37. The summed E-state index contributed by atoms with van der Waals surface area (Å²) in [5.41, 5.74) is -3.28. The van der Waals surface area contributed by atoms with Crippen molar-refractivity contribution in [3.05, 3.63) is 53.6 Å². The van der Waals surface area contributed by atoms with E-state index in [2.05, 4.69) is 5.32 Å². The third-order valence-electron chi connectivity index (χ3n) is 5.28. The standard InChI is InChI=1S/C20H20BF5N2O3/c1-18(2)19(3,4)31-21(30-18)12-9-14(22)16(15(23)10-12)28-17(29)27-13-7-5-6-11(8-13)20(24,25)26/h5-10H,1-4H3,(H2,27,28,29). The highest BCUT2D eigenvalue weighted by molar-refractivity contribution is 6.62. The number of halogens is 5. The molecular formula is C20H20BF5N2O3. The summed E-state index contributed by atoms with van der Waals surface area (Å²) in [6.07, 6.45) is -4.60. The van der Waals surface area contributed by atoms with Crippen LogP contribution in [0, 0.1) is 11.6 Å². The zero-order valence-corrected chi connectivity index (χ0v) is 17.2.